The quantitative estimate of drug-likeness (QED) is 0.797. The molecule has 1 aromatic rings. The first-order valence-corrected chi connectivity index (χ1v) is 7.13. The Bertz CT molecular complexity index is 490. The Kier molecular flexibility index (Phi) is 6.51. The van der Waals surface area contributed by atoms with Gasteiger partial charge in [0.2, 0.25) is 0 Å². The van der Waals surface area contributed by atoms with Crippen LogP contribution in [0.1, 0.15) is 30.1 Å². The number of benzene rings is 1. The summed E-state index contributed by atoms with van der Waals surface area (Å²) in [7, 11) is 1.52. The maximum Gasteiger partial charge on any atom is 0.308 e. The van der Waals surface area contributed by atoms with Crippen LogP contribution in [0, 0.1) is 5.92 Å². The number of rotatable bonds is 7. The minimum absolute atomic E-state index is 0.117. The van der Waals surface area contributed by atoms with Gasteiger partial charge in [-0.2, -0.15) is 0 Å². The van der Waals surface area contributed by atoms with Crippen molar-refractivity contribution in [1.82, 2.24) is 5.32 Å². The monoisotopic (exact) mass is 343 g/mol. The maximum atomic E-state index is 12.1. The molecule has 0 heterocycles. The van der Waals surface area contributed by atoms with Crippen molar-refractivity contribution in [3.05, 3.63) is 28.2 Å². The minimum atomic E-state index is -0.892. The van der Waals surface area contributed by atoms with Crippen molar-refractivity contribution in [3.8, 4) is 5.75 Å². The van der Waals surface area contributed by atoms with Gasteiger partial charge in [-0.1, -0.05) is 13.3 Å². The number of halogens is 1. The fourth-order valence-corrected chi connectivity index (χ4v) is 2.20. The lowest BCUT2D eigenvalue weighted by Gasteiger charge is -2.13. The number of ether oxygens (including phenoxy) is 1. The Hall–Kier alpha value is -1.56. The lowest BCUT2D eigenvalue weighted by atomic mass is 10.0. The van der Waals surface area contributed by atoms with Gasteiger partial charge >= 0.3 is 5.97 Å². The van der Waals surface area contributed by atoms with Crippen molar-refractivity contribution in [2.45, 2.75) is 19.8 Å². The molecule has 0 bridgehead atoms. The summed E-state index contributed by atoms with van der Waals surface area (Å²) in [5.74, 6) is -1.20. The topological polar surface area (TPSA) is 75.6 Å². The second-order valence-electron chi connectivity index (χ2n) is 4.38. The van der Waals surface area contributed by atoms with Crippen LogP contribution in [0.25, 0.3) is 0 Å². The van der Waals surface area contributed by atoms with Gasteiger partial charge in [0.15, 0.2) is 0 Å². The van der Waals surface area contributed by atoms with Gasteiger partial charge in [0.25, 0.3) is 5.91 Å². The van der Waals surface area contributed by atoms with Gasteiger partial charge in [0.05, 0.1) is 18.6 Å². The van der Waals surface area contributed by atoms with Crippen LogP contribution in [0.4, 0.5) is 0 Å². The van der Waals surface area contributed by atoms with Crippen LogP contribution >= 0.6 is 15.9 Å². The molecule has 110 valence electrons. The van der Waals surface area contributed by atoms with E-state index in [0.717, 1.165) is 6.42 Å². The highest BCUT2D eigenvalue weighted by atomic mass is 79.9. The number of nitrogens with one attached hydrogen (secondary N) is 1. The number of carbonyl (C=O) groups excluding carboxylic acids is 1. The van der Waals surface area contributed by atoms with E-state index in [-0.39, 0.29) is 12.5 Å². The van der Waals surface area contributed by atoms with Gasteiger partial charge < -0.3 is 15.2 Å². The highest BCUT2D eigenvalue weighted by Crippen LogP contribution is 2.22. The van der Waals surface area contributed by atoms with E-state index in [1.165, 1.54) is 7.11 Å². The van der Waals surface area contributed by atoms with E-state index >= 15 is 0 Å². The first kappa shape index (κ1) is 16.5. The Morgan fingerprint density at radius 3 is 2.70 bits per heavy atom. The summed E-state index contributed by atoms with van der Waals surface area (Å²) in [5, 5.41) is 11.7. The lowest BCUT2D eigenvalue weighted by molar-refractivity contribution is -0.141. The molecule has 1 aromatic carbocycles. The number of carboxylic acids is 1. The van der Waals surface area contributed by atoms with Crippen molar-refractivity contribution in [2.24, 2.45) is 5.92 Å². The highest BCUT2D eigenvalue weighted by molar-refractivity contribution is 9.10. The Balaban J connectivity index is 2.73. The van der Waals surface area contributed by atoms with Crippen LogP contribution in [0.5, 0.6) is 5.75 Å². The van der Waals surface area contributed by atoms with Crippen LogP contribution in [0.3, 0.4) is 0 Å². The van der Waals surface area contributed by atoms with Crippen LogP contribution in [0.2, 0.25) is 0 Å². The van der Waals surface area contributed by atoms with E-state index in [1.54, 1.807) is 18.2 Å². The Morgan fingerprint density at radius 1 is 1.45 bits per heavy atom. The standard InChI is InChI=1S/C14H18BrNO4/c1-3-4-9(14(18)19)8-16-13(17)11-7-10(20-2)5-6-12(11)15/h5-7,9H,3-4,8H2,1-2H3,(H,16,17)(H,18,19). The molecule has 0 fully saturated rings. The zero-order valence-electron chi connectivity index (χ0n) is 11.5. The van der Waals surface area contributed by atoms with Crippen LogP contribution in [-0.2, 0) is 4.79 Å². The third-order valence-electron chi connectivity index (χ3n) is 2.91. The lowest BCUT2D eigenvalue weighted by Crippen LogP contribution is -2.33. The van der Waals surface area contributed by atoms with Gasteiger partial charge in [-0.3, -0.25) is 9.59 Å². The van der Waals surface area contributed by atoms with Crippen LogP contribution in [0.15, 0.2) is 22.7 Å². The summed E-state index contributed by atoms with van der Waals surface area (Å²) < 4.78 is 5.70. The SMILES string of the molecule is CCCC(CNC(=O)c1cc(OC)ccc1Br)C(=O)O. The summed E-state index contributed by atoms with van der Waals surface area (Å²) in [6.45, 7) is 2.03. The third kappa shape index (κ3) is 4.52. The molecular weight excluding hydrogens is 326 g/mol. The largest absolute Gasteiger partial charge is 0.497 e. The van der Waals surface area contributed by atoms with Crippen LogP contribution in [-0.4, -0.2) is 30.6 Å². The van der Waals surface area contributed by atoms with E-state index < -0.39 is 11.9 Å². The fraction of sp³-hybridized carbons (Fsp3) is 0.429. The summed E-state index contributed by atoms with van der Waals surface area (Å²) >= 11 is 3.29. The summed E-state index contributed by atoms with van der Waals surface area (Å²) in [6, 6.07) is 5.06. The molecule has 0 saturated carbocycles. The van der Waals surface area contributed by atoms with Gasteiger partial charge in [-0.15, -0.1) is 0 Å². The number of amides is 1. The second-order valence-corrected chi connectivity index (χ2v) is 5.23. The van der Waals surface area contributed by atoms with Crippen molar-refractivity contribution in [1.29, 1.82) is 0 Å². The van der Waals surface area contributed by atoms with E-state index in [9.17, 15) is 9.59 Å². The molecule has 6 heteroatoms. The zero-order chi connectivity index (χ0) is 15.1. The summed E-state index contributed by atoms with van der Waals surface area (Å²) in [5.41, 5.74) is 0.421. The molecule has 5 nitrogen and oxygen atoms in total. The highest BCUT2D eigenvalue weighted by Gasteiger charge is 2.18. The first-order valence-electron chi connectivity index (χ1n) is 6.34. The van der Waals surface area contributed by atoms with Gasteiger partial charge in [-0.05, 0) is 40.5 Å². The molecule has 0 saturated heterocycles. The third-order valence-corrected chi connectivity index (χ3v) is 3.61. The number of hydrogen-bond acceptors (Lipinski definition) is 3. The van der Waals surface area contributed by atoms with Crippen LogP contribution < -0.4 is 10.1 Å². The average Bonchev–Trinajstić information content (AvgIpc) is 2.43. The van der Waals surface area contributed by atoms with Gasteiger partial charge in [0, 0.05) is 11.0 Å². The molecule has 0 aliphatic rings. The average molecular weight is 344 g/mol. The maximum absolute atomic E-state index is 12.1. The molecule has 2 N–H and O–H groups in total. The summed E-state index contributed by atoms with van der Waals surface area (Å²) in [4.78, 5) is 23.1. The molecule has 1 unspecified atom stereocenters. The van der Waals surface area contributed by atoms with Gasteiger partial charge in [-0.25, -0.2) is 0 Å². The molecule has 0 aliphatic carbocycles. The van der Waals surface area contributed by atoms with Crippen molar-refractivity contribution < 1.29 is 19.4 Å². The Morgan fingerprint density at radius 2 is 2.15 bits per heavy atom. The summed E-state index contributed by atoms with van der Waals surface area (Å²) in [6.07, 6.45) is 1.30. The Labute approximate surface area is 126 Å². The van der Waals surface area contributed by atoms with E-state index in [4.69, 9.17) is 9.84 Å². The number of hydrogen-bond donors (Lipinski definition) is 2. The van der Waals surface area contributed by atoms with E-state index in [0.29, 0.717) is 22.2 Å². The van der Waals surface area contributed by atoms with Crippen molar-refractivity contribution in [2.75, 3.05) is 13.7 Å². The number of carboxylic acid groups (broad SMARTS) is 1. The van der Waals surface area contributed by atoms with Crippen molar-refractivity contribution >= 4 is 27.8 Å². The van der Waals surface area contributed by atoms with E-state index in [2.05, 4.69) is 21.2 Å². The molecule has 0 aromatic heterocycles. The predicted molar refractivity (Wildman–Crippen MR) is 79.1 cm³/mol. The molecule has 20 heavy (non-hydrogen) atoms. The second kappa shape index (κ2) is 7.89. The van der Waals surface area contributed by atoms with E-state index in [1.807, 2.05) is 6.92 Å². The normalized spacial score (nSPS) is 11.8. The molecule has 1 amide bonds. The smallest absolute Gasteiger partial charge is 0.308 e. The molecule has 0 spiro atoms. The molecule has 1 rings (SSSR count). The predicted octanol–water partition coefficient (Wildman–Crippen LogP) is 2.69. The number of methoxy groups -OCH3 is 1. The molecule has 0 aliphatic heterocycles. The molecular formula is C14H18BrNO4. The van der Waals surface area contributed by atoms with Gasteiger partial charge in [0.1, 0.15) is 5.75 Å². The zero-order valence-corrected chi connectivity index (χ0v) is 13.1. The first-order chi connectivity index (χ1) is 9.49. The van der Waals surface area contributed by atoms with Crippen molar-refractivity contribution in [3.63, 3.8) is 0 Å². The minimum Gasteiger partial charge on any atom is -0.497 e. The number of aliphatic carboxylic acids is 1. The number of carbonyl (C=O) groups is 2. The fourth-order valence-electron chi connectivity index (χ4n) is 1.78. The molecule has 0 radical (unpaired) electrons. The molecule has 1 atom stereocenters.